The molecule has 1 amide bonds. The van der Waals surface area contributed by atoms with Gasteiger partial charge < -0.3 is 5.32 Å². The van der Waals surface area contributed by atoms with Crippen molar-refractivity contribution in [2.75, 3.05) is 11.3 Å². The summed E-state index contributed by atoms with van der Waals surface area (Å²) in [6.07, 6.45) is 0.839. The van der Waals surface area contributed by atoms with E-state index in [4.69, 9.17) is 0 Å². The quantitative estimate of drug-likeness (QED) is 0.859. The molecule has 0 bridgehead atoms. The molecule has 116 valence electrons. The summed E-state index contributed by atoms with van der Waals surface area (Å²) >= 11 is 0. The Hall–Kier alpha value is -2.34. The van der Waals surface area contributed by atoms with Crippen molar-refractivity contribution in [2.24, 2.45) is 0 Å². The van der Waals surface area contributed by atoms with Crippen LogP contribution in [0.4, 0.5) is 5.69 Å². The van der Waals surface area contributed by atoms with Gasteiger partial charge in [0.15, 0.2) is 0 Å². The fourth-order valence-corrected chi connectivity index (χ4v) is 2.95. The van der Waals surface area contributed by atoms with E-state index in [1.807, 2.05) is 6.92 Å². The van der Waals surface area contributed by atoms with Crippen LogP contribution in [0.5, 0.6) is 0 Å². The van der Waals surface area contributed by atoms with Gasteiger partial charge in [-0.25, -0.2) is 8.42 Å². The van der Waals surface area contributed by atoms with E-state index in [-0.39, 0.29) is 10.8 Å². The van der Waals surface area contributed by atoms with Gasteiger partial charge in [-0.2, -0.15) is 0 Å². The molecule has 2 N–H and O–H groups in total. The van der Waals surface area contributed by atoms with Crippen molar-refractivity contribution in [3.63, 3.8) is 0 Å². The largest absolute Gasteiger partial charge is 0.352 e. The predicted molar refractivity (Wildman–Crippen MR) is 86.3 cm³/mol. The van der Waals surface area contributed by atoms with Crippen molar-refractivity contribution >= 4 is 21.6 Å². The smallest absolute Gasteiger partial charge is 0.261 e. The van der Waals surface area contributed by atoms with Crippen LogP contribution in [0.1, 0.15) is 23.7 Å². The summed E-state index contributed by atoms with van der Waals surface area (Å²) in [6, 6.07) is 14.5. The molecule has 5 nitrogen and oxygen atoms in total. The molecule has 0 aliphatic carbocycles. The summed E-state index contributed by atoms with van der Waals surface area (Å²) in [7, 11) is -3.65. The molecular weight excluding hydrogens is 300 g/mol. The minimum absolute atomic E-state index is 0.177. The molecule has 0 radical (unpaired) electrons. The third-order valence-electron chi connectivity index (χ3n) is 2.97. The standard InChI is InChI=1S/C16H18N2O3S/c1-2-11-17-16(19)13-7-6-8-14(12-13)18-22(20,21)15-9-4-3-5-10-15/h3-10,12,18H,2,11H2,1H3,(H,17,19). The lowest BCUT2D eigenvalue weighted by molar-refractivity contribution is 0.0953. The number of benzene rings is 2. The van der Waals surface area contributed by atoms with E-state index >= 15 is 0 Å². The van der Waals surface area contributed by atoms with Gasteiger partial charge in [0.05, 0.1) is 4.90 Å². The highest BCUT2D eigenvalue weighted by molar-refractivity contribution is 7.92. The lowest BCUT2D eigenvalue weighted by Gasteiger charge is -2.09. The summed E-state index contributed by atoms with van der Waals surface area (Å²) in [5.41, 5.74) is 0.773. The Kier molecular flexibility index (Phi) is 5.16. The number of sulfonamides is 1. The average Bonchev–Trinajstić information content (AvgIpc) is 2.53. The van der Waals surface area contributed by atoms with Gasteiger partial charge >= 0.3 is 0 Å². The summed E-state index contributed by atoms with van der Waals surface area (Å²) in [5, 5.41) is 2.75. The van der Waals surface area contributed by atoms with Crippen molar-refractivity contribution in [1.82, 2.24) is 5.32 Å². The van der Waals surface area contributed by atoms with Crippen LogP contribution in [-0.2, 0) is 10.0 Å². The number of carbonyl (C=O) groups excluding carboxylic acids is 1. The summed E-state index contributed by atoms with van der Waals surface area (Å²) < 4.78 is 27.0. The first kappa shape index (κ1) is 16.0. The third kappa shape index (κ3) is 4.08. The molecule has 0 heterocycles. The molecule has 0 aliphatic rings. The second-order valence-corrected chi connectivity index (χ2v) is 6.44. The Morgan fingerprint density at radius 1 is 1.05 bits per heavy atom. The van der Waals surface area contributed by atoms with Gasteiger partial charge in [-0.1, -0.05) is 31.2 Å². The lowest BCUT2D eigenvalue weighted by Crippen LogP contribution is -2.24. The Balaban J connectivity index is 2.19. The molecule has 6 heteroatoms. The van der Waals surface area contributed by atoms with Crippen LogP contribution < -0.4 is 10.0 Å². The molecule has 0 spiro atoms. The first-order valence-corrected chi connectivity index (χ1v) is 8.47. The van der Waals surface area contributed by atoms with Gasteiger partial charge in [-0.3, -0.25) is 9.52 Å². The Morgan fingerprint density at radius 3 is 2.45 bits per heavy atom. The molecule has 22 heavy (non-hydrogen) atoms. The fraction of sp³-hybridized carbons (Fsp3) is 0.188. The van der Waals surface area contributed by atoms with E-state index in [2.05, 4.69) is 10.0 Å². The second-order valence-electron chi connectivity index (χ2n) is 4.76. The molecule has 0 saturated carbocycles. The molecular formula is C16H18N2O3S. The van der Waals surface area contributed by atoms with Crippen LogP contribution in [0.15, 0.2) is 59.5 Å². The highest BCUT2D eigenvalue weighted by Gasteiger charge is 2.14. The van der Waals surface area contributed by atoms with E-state index in [0.717, 1.165) is 6.42 Å². The van der Waals surface area contributed by atoms with E-state index < -0.39 is 10.0 Å². The van der Waals surface area contributed by atoms with Gasteiger partial charge in [0.2, 0.25) is 0 Å². The predicted octanol–water partition coefficient (Wildman–Crippen LogP) is 2.63. The Labute approximate surface area is 130 Å². The van der Waals surface area contributed by atoms with Crippen LogP contribution in [0, 0.1) is 0 Å². The molecule has 0 aromatic heterocycles. The van der Waals surface area contributed by atoms with E-state index in [9.17, 15) is 13.2 Å². The molecule has 0 atom stereocenters. The molecule has 0 aliphatic heterocycles. The van der Waals surface area contributed by atoms with E-state index in [1.54, 1.807) is 36.4 Å². The number of hydrogen-bond acceptors (Lipinski definition) is 3. The minimum atomic E-state index is -3.65. The number of amides is 1. The number of carbonyl (C=O) groups is 1. The number of anilines is 1. The van der Waals surface area contributed by atoms with E-state index in [1.165, 1.54) is 18.2 Å². The van der Waals surface area contributed by atoms with Crippen molar-refractivity contribution in [1.29, 1.82) is 0 Å². The van der Waals surface area contributed by atoms with Crippen molar-refractivity contribution < 1.29 is 13.2 Å². The van der Waals surface area contributed by atoms with Gasteiger partial charge in [-0.15, -0.1) is 0 Å². The van der Waals surface area contributed by atoms with Crippen LogP contribution >= 0.6 is 0 Å². The number of hydrogen-bond donors (Lipinski definition) is 2. The second kappa shape index (κ2) is 7.09. The van der Waals surface area contributed by atoms with Gasteiger partial charge in [0.1, 0.15) is 0 Å². The molecule has 0 unspecified atom stereocenters. The van der Waals surface area contributed by atoms with Crippen molar-refractivity contribution in [3.8, 4) is 0 Å². The fourth-order valence-electron chi connectivity index (χ4n) is 1.88. The highest BCUT2D eigenvalue weighted by Crippen LogP contribution is 2.17. The molecule has 0 fully saturated rings. The van der Waals surface area contributed by atoms with Gasteiger partial charge in [0.25, 0.3) is 15.9 Å². The maximum atomic E-state index is 12.2. The number of rotatable bonds is 6. The normalized spacial score (nSPS) is 11.0. The van der Waals surface area contributed by atoms with Crippen LogP contribution in [-0.4, -0.2) is 20.9 Å². The maximum absolute atomic E-state index is 12.2. The summed E-state index contributed by atoms with van der Waals surface area (Å²) in [5.74, 6) is -0.220. The first-order chi connectivity index (χ1) is 10.5. The zero-order valence-corrected chi connectivity index (χ0v) is 13.1. The summed E-state index contributed by atoms with van der Waals surface area (Å²) in [4.78, 5) is 12.1. The molecule has 0 saturated heterocycles. The van der Waals surface area contributed by atoms with Crippen molar-refractivity contribution in [2.45, 2.75) is 18.2 Å². The lowest BCUT2D eigenvalue weighted by atomic mass is 10.2. The van der Waals surface area contributed by atoms with Gasteiger partial charge in [0, 0.05) is 17.8 Å². The van der Waals surface area contributed by atoms with Crippen LogP contribution in [0.2, 0.25) is 0 Å². The maximum Gasteiger partial charge on any atom is 0.261 e. The zero-order chi connectivity index (χ0) is 16.0. The minimum Gasteiger partial charge on any atom is -0.352 e. The topological polar surface area (TPSA) is 75.3 Å². The van der Waals surface area contributed by atoms with Crippen molar-refractivity contribution in [3.05, 3.63) is 60.2 Å². The Morgan fingerprint density at radius 2 is 1.77 bits per heavy atom. The molecule has 2 aromatic rings. The van der Waals surface area contributed by atoms with Gasteiger partial charge in [-0.05, 0) is 36.8 Å². The van der Waals surface area contributed by atoms with Crippen LogP contribution in [0.25, 0.3) is 0 Å². The number of nitrogens with one attached hydrogen (secondary N) is 2. The van der Waals surface area contributed by atoms with E-state index in [0.29, 0.717) is 17.8 Å². The molecule has 2 rings (SSSR count). The SMILES string of the molecule is CCCNC(=O)c1cccc(NS(=O)(=O)c2ccccc2)c1. The third-order valence-corrected chi connectivity index (χ3v) is 4.36. The Bertz CT molecular complexity index is 743. The average molecular weight is 318 g/mol. The first-order valence-electron chi connectivity index (χ1n) is 6.99. The zero-order valence-electron chi connectivity index (χ0n) is 12.2. The molecule has 2 aromatic carbocycles. The highest BCUT2D eigenvalue weighted by atomic mass is 32.2. The monoisotopic (exact) mass is 318 g/mol. The summed E-state index contributed by atoms with van der Waals surface area (Å²) in [6.45, 7) is 2.55. The van der Waals surface area contributed by atoms with Crippen LogP contribution in [0.3, 0.4) is 0 Å².